The number of rotatable bonds is 54. The number of carboxylic acids is 1. The van der Waals surface area contributed by atoms with Gasteiger partial charge in [-0.3, -0.25) is 43.4 Å². The topological polar surface area (TPSA) is 513 Å². The van der Waals surface area contributed by atoms with Gasteiger partial charge in [0.1, 0.15) is 32.0 Å². The van der Waals surface area contributed by atoms with Crippen LogP contribution in [0.25, 0.3) is 10.9 Å². The molecule has 3 fully saturated rings. The second-order valence-electron chi connectivity index (χ2n) is 36.6. The maximum Gasteiger partial charge on any atom is 0.373 e. The number of nitrogens with zero attached hydrogens (tertiary/aromatic N) is 3. The predicted octanol–water partition coefficient (Wildman–Crippen LogP) is 7.72. The number of unbranched alkanes of at least 4 members (excludes halogenated alkanes) is 1. The van der Waals surface area contributed by atoms with Crippen LogP contribution in [0, 0.1) is 18.3 Å². The second-order valence-corrected chi connectivity index (χ2v) is 39.7. The van der Waals surface area contributed by atoms with Gasteiger partial charge in [0.05, 0.1) is 95.0 Å². The summed E-state index contributed by atoms with van der Waals surface area (Å²) >= 11 is 0. The Balaban J connectivity index is 0.000000454. The van der Waals surface area contributed by atoms with Gasteiger partial charge in [0.15, 0.2) is 36.5 Å². The third kappa shape index (κ3) is 33.7. The fraction of sp³-hybridized carbons (Fsp3) is 0.745. The molecule has 2 saturated heterocycles. The number of H-pyrrole nitrogens is 1. The van der Waals surface area contributed by atoms with Gasteiger partial charge < -0.3 is 123 Å². The first-order valence-corrected chi connectivity index (χ1v) is 50.5. The fourth-order valence-corrected chi connectivity index (χ4v) is 21.9. The summed E-state index contributed by atoms with van der Waals surface area (Å²) in [5.74, 6) is -4.06. The van der Waals surface area contributed by atoms with Crippen LogP contribution in [0.4, 0.5) is 5.69 Å². The van der Waals surface area contributed by atoms with Crippen LogP contribution in [0.2, 0.25) is 0 Å². The zero-order valence-electron chi connectivity index (χ0n) is 83.5. The standard InChI is InChI=1S/C61H87N5O12.C18H35NO6S2.C11H20O7.C7H16O4.CO2/c1-9-41(35-67)78-51(75-8)36-77-50(70)22-16-21-49(69)62-39(5)53(71)76-29-15-14-20-48(68)61(74)55-60(25-28-66-26-17-24-59(11-3,54(60)66)56(61)72)45-31-44(38(4)30-47(45)64(55)7)57(6)32-40-33-58(73,10-2)37-65(34-40)27-23-43-42-18-12-13-19-46(42)63-52(43)57;1-6-14(25-17(12-20)23-4)13-24-16(22)9-8-15(21)19-11-7-10-18(2,3)27-26-5;1-3-8(18-11(6-12)16-2)7-17-10(15)5-4-9(13)14;1-3-6(4-8)11-7(5-9)10-2;2-1-3/h12-13,17-19,24,30-31,39-41,51,54-56,63,67,72-74H,9-11,14-16,20-23,25-29,32-37H2,1-8H3,(H,62,69);14,17,20H,6-13H2,1-5H3,(H,19,21);8,11-12H,3-7H2,1-2H3,(H,13,14);6-9H,3-5H2,1-2H3;/t39?,40?,41?,51?,54?,55?,56-,57-,58?,59-,60-,61+;;;;/m1..../s1. The minimum absolute atomic E-state index is 0.00874. The van der Waals surface area contributed by atoms with E-state index in [-0.39, 0.29) is 158 Å². The normalized spacial score (nSPS) is 24.2. The summed E-state index contributed by atoms with van der Waals surface area (Å²) in [6, 6.07) is 11.4. The third-order valence-electron chi connectivity index (χ3n) is 26.7. The Morgan fingerprint density at radius 1 is 0.650 bits per heavy atom. The van der Waals surface area contributed by atoms with Gasteiger partial charge >= 0.3 is 36.0 Å². The van der Waals surface area contributed by atoms with Crippen LogP contribution in [-0.4, -0.2) is 345 Å². The quantitative estimate of drug-likeness (QED) is 0.00642. The molecule has 6 aliphatic rings. The van der Waals surface area contributed by atoms with Crippen LogP contribution < -0.4 is 15.5 Å². The second kappa shape index (κ2) is 59.7. The van der Waals surface area contributed by atoms with Gasteiger partial charge in [-0.15, -0.1) is 0 Å². The van der Waals surface area contributed by atoms with Crippen LogP contribution in [0.5, 0.6) is 0 Å². The van der Waals surface area contributed by atoms with Crippen molar-refractivity contribution in [2.75, 3.05) is 145 Å². The molecule has 778 valence electrons. The SMILES string of the molecule is CCC(CO)OC(CO)OC.CCC(CO)OC(COC(=O)CCCC(=O)NC(C)C(=O)OCCCCC(=O)[C@]1(O)C2N(C)c3cc(C)c([C@@]4(C)CC5CN(CCc6c4[nH]c4ccccc64)CC(O)(CC)C5)cc3[C@@]23CCN2CC=C[C@](CC)(C23)[C@H]1O)OC.CCC(COC(=O)CCC(=O)NCCCC(C)(C)SSC)OC(CO)OC.CCC(COC(=O)CCC(=O)O)OC(CO)OC.O=C=O. The lowest BCUT2D eigenvalue weighted by Gasteiger charge is -2.63. The molecule has 2 aromatic carbocycles. The molecule has 19 atom stereocenters. The summed E-state index contributed by atoms with van der Waals surface area (Å²) in [7, 11) is 11.2. The largest absolute Gasteiger partial charge is 0.481 e. The number of carbonyl (C=O) groups is 8. The Labute approximate surface area is 814 Å². The number of hydrogen-bond acceptors (Lipinski definition) is 35. The van der Waals surface area contributed by atoms with E-state index in [4.69, 9.17) is 92.0 Å². The molecule has 39 heteroatoms. The lowest BCUT2D eigenvalue weighted by atomic mass is 9.47. The Bertz CT molecular complexity index is 4240. The van der Waals surface area contributed by atoms with Crippen molar-refractivity contribution < 1.29 is 151 Å². The van der Waals surface area contributed by atoms with Crippen LogP contribution >= 0.6 is 21.6 Å². The summed E-state index contributed by atoms with van der Waals surface area (Å²) in [5, 5.41) is 98.3. The third-order valence-corrected chi connectivity index (χ3v) is 29.4. The maximum atomic E-state index is 15.2. The molecule has 14 unspecified atom stereocenters. The molecule has 6 heterocycles. The minimum Gasteiger partial charge on any atom is -0.481 e. The van der Waals surface area contributed by atoms with Gasteiger partial charge in [-0.1, -0.05) is 99.5 Å². The fourth-order valence-electron chi connectivity index (χ4n) is 19.6. The zero-order valence-corrected chi connectivity index (χ0v) is 85.1. The predicted molar refractivity (Wildman–Crippen MR) is 513 cm³/mol. The van der Waals surface area contributed by atoms with Crippen molar-refractivity contribution in [2.24, 2.45) is 11.3 Å². The average molecular weight is 1980 g/mol. The number of likely N-dealkylation sites (N-methyl/N-ethyl adjacent to an activating group) is 1. The number of carbonyl (C=O) groups excluding carboxylic acids is 9. The first-order valence-electron chi connectivity index (χ1n) is 48.0. The van der Waals surface area contributed by atoms with Crippen LogP contribution in [0.1, 0.15) is 232 Å². The number of carboxylic acid groups (broad SMARTS) is 1. The van der Waals surface area contributed by atoms with Gasteiger partial charge in [0.2, 0.25) is 11.8 Å². The number of Topliss-reactive ketones (excluding diaryl/α,β-unsaturated/α-hetero) is 1. The molecule has 2 bridgehead atoms. The van der Waals surface area contributed by atoms with Crippen molar-refractivity contribution in [3.8, 4) is 0 Å². The van der Waals surface area contributed by atoms with E-state index in [0.717, 1.165) is 74.1 Å². The summed E-state index contributed by atoms with van der Waals surface area (Å²) in [4.78, 5) is 126. The molecule has 137 heavy (non-hydrogen) atoms. The number of esters is 4. The zero-order chi connectivity index (χ0) is 102. The van der Waals surface area contributed by atoms with E-state index >= 15 is 4.79 Å². The number of anilines is 1. The Hall–Kier alpha value is -7.16. The maximum absolute atomic E-state index is 15.2. The molecule has 37 nitrogen and oxygen atoms in total. The summed E-state index contributed by atoms with van der Waals surface area (Å²) in [6.07, 6.45) is 9.74. The highest BCUT2D eigenvalue weighted by atomic mass is 33.1. The highest BCUT2D eigenvalue weighted by Gasteiger charge is 2.78. The van der Waals surface area contributed by atoms with Gasteiger partial charge in [0, 0.05) is 143 Å². The average Bonchev–Trinajstić information content (AvgIpc) is 1.48. The van der Waals surface area contributed by atoms with E-state index in [9.17, 15) is 54.0 Å². The van der Waals surface area contributed by atoms with E-state index in [1.807, 2.05) is 45.5 Å². The molecule has 1 spiro atoms. The number of hydrogen-bond donors (Lipinski definition) is 12. The molecule has 12 N–H and O–H groups in total. The molecular formula is C98H158N6O31S2. The number of fused-ring (bicyclic) bond motifs is 6. The number of benzene rings is 2. The molecule has 3 aromatic rings. The Morgan fingerprint density at radius 3 is 1.76 bits per heavy atom. The van der Waals surface area contributed by atoms with Crippen LogP contribution in [-0.2, 0) is 122 Å². The molecule has 2 amide bonds. The van der Waals surface area contributed by atoms with Gasteiger partial charge in [-0.2, -0.15) is 9.59 Å². The van der Waals surface area contributed by atoms with E-state index in [1.165, 1.54) is 57.6 Å². The number of methoxy groups -OCH3 is 4. The first kappa shape index (κ1) is 120. The summed E-state index contributed by atoms with van der Waals surface area (Å²) in [6.45, 7) is 25.5. The van der Waals surface area contributed by atoms with E-state index < -0.39 is 125 Å². The number of ketones is 1. The molecule has 1 aliphatic carbocycles. The first-order chi connectivity index (χ1) is 65.3. The number of aliphatic hydroxyl groups is 8. The van der Waals surface area contributed by atoms with Crippen molar-refractivity contribution in [1.82, 2.24) is 25.4 Å². The number of ether oxygens (including phenoxy) is 12. The van der Waals surface area contributed by atoms with E-state index in [2.05, 4.69) is 127 Å². The van der Waals surface area contributed by atoms with Crippen molar-refractivity contribution in [3.05, 3.63) is 76.5 Å². The molecule has 5 aliphatic heterocycles. The highest BCUT2D eigenvalue weighted by Crippen LogP contribution is 2.67. The van der Waals surface area contributed by atoms with E-state index in [1.54, 1.807) is 10.8 Å². The molecule has 9 rings (SSSR count). The number of nitrogens with one attached hydrogen (secondary N) is 3. The summed E-state index contributed by atoms with van der Waals surface area (Å²) in [5.41, 5.74) is 2.93. The Kier molecular flexibility index (Phi) is 52.4. The lowest BCUT2D eigenvalue weighted by Crippen LogP contribution is -2.80. The van der Waals surface area contributed by atoms with Crippen molar-refractivity contribution >= 4 is 91.8 Å². The smallest absolute Gasteiger partial charge is 0.373 e. The number of aryl methyl sites for hydroxylation is 1. The van der Waals surface area contributed by atoms with E-state index in [0.29, 0.717) is 71.0 Å². The number of aromatic nitrogens is 1. The van der Waals surface area contributed by atoms with Crippen molar-refractivity contribution in [3.63, 3.8) is 0 Å². The molecule has 0 radical (unpaired) electrons. The minimum atomic E-state index is -2.17. The highest BCUT2D eigenvalue weighted by molar-refractivity contribution is 8.76. The van der Waals surface area contributed by atoms with Gasteiger partial charge in [-0.05, 0) is 184 Å². The number of aliphatic carboxylic acids is 1. The van der Waals surface area contributed by atoms with Crippen LogP contribution in [0.15, 0.2) is 48.6 Å². The summed E-state index contributed by atoms with van der Waals surface area (Å²) < 4.78 is 62.1. The van der Waals surface area contributed by atoms with Gasteiger partial charge in [-0.25, -0.2) is 4.79 Å². The molecule has 1 saturated carbocycles. The number of para-hydroxylation sites is 1. The number of aliphatic hydroxyl groups excluding tert-OH is 6. The number of aromatic amines is 1. The van der Waals surface area contributed by atoms with Gasteiger partial charge in [0.25, 0.3) is 0 Å². The monoisotopic (exact) mass is 1980 g/mol. The molecular weight excluding hydrogens is 1820 g/mol. The number of amides is 2. The lowest BCUT2D eigenvalue weighted by molar-refractivity contribution is -0.202. The van der Waals surface area contributed by atoms with Crippen molar-refractivity contribution in [1.29, 1.82) is 0 Å². The van der Waals surface area contributed by atoms with Crippen LogP contribution in [0.3, 0.4) is 0 Å². The molecule has 1 aromatic heterocycles. The number of piperidine rings is 1. The van der Waals surface area contributed by atoms with Crippen molar-refractivity contribution in [2.45, 2.75) is 318 Å². The Morgan fingerprint density at radius 2 is 1.21 bits per heavy atom.